The molecule has 4 rings (SSSR count). The van der Waals surface area contributed by atoms with Gasteiger partial charge in [-0.2, -0.15) is 4.98 Å². The second-order valence-electron chi connectivity index (χ2n) is 7.88. The summed E-state index contributed by atoms with van der Waals surface area (Å²) in [6, 6.07) is 13.1. The number of carbonyl (C=O) groups is 1. The molecule has 2 aromatic carbocycles. The smallest absolute Gasteiger partial charge is 0.261 e. The molecule has 1 aliphatic carbocycles. The lowest BCUT2D eigenvalue weighted by atomic mass is 9.96. The van der Waals surface area contributed by atoms with Gasteiger partial charge in [0.05, 0.1) is 4.90 Å². The largest absolute Gasteiger partial charge is 0.340 e. The highest BCUT2D eigenvalue weighted by Gasteiger charge is 2.41. The molecule has 0 spiro atoms. The van der Waals surface area contributed by atoms with Crippen LogP contribution in [0.4, 0.5) is 5.69 Å². The average Bonchev–Trinajstić information content (AvgIpc) is 3.38. The minimum atomic E-state index is -3.85. The van der Waals surface area contributed by atoms with Crippen LogP contribution in [0.15, 0.2) is 57.9 Å². The molecule has 0 unspecified atom stereocenters. The van der Waals surface area contributed by atoms with Gasteiger partial charge in [-0.1, -0.05) is 36.2 Å². The van der Waals surface area contributed by atoms with Crippen LogP contribution in [0.5, 0.6) is 0 Å². The molecule has 0 saturated heterocycles. The molecule has 1 saturated carbocycles. The molecular weight excluding hydrogens is 416 g/mol. The molecule has 0 radical (unpaired) electrons. The number of aryl methyl sites for hydroxylation is 2. The van der Waals surface area contributed by atoms with Gasteiger partial charge < -0.3 is 9.84 Å². The number of aromatic nitrogens is 2. The number of rotatable bonds is 6. The van der Waals surface area contributed by atoms with Crippen LogP contribution in [0.2, 0.25) is 0 Å². The highest BCUT2D eigenvalue weighted by atomic mass is 32.2. The van der Waals surface area contributed by atoms with Crippen molar-refractivity contribution in [3.63, 3.8) is 0 Å². The SMILES string of the molecule is Cc1cccc(NS(=O)(=O)c2cccc(C(=O)NC3(c4noc(C)n4)CCCC3)c2)c1. The summed E-state index contributed by atoms with van der Waals surface area (Å²) in [7, 11) is -3.85. The number of amides is 1. The van der Waals surface area contributed by atoms with Gasteiger partial charge in [-0.25, -0.2) is 8.42 Å². The number of hydrogen-bond donors (Lipinski definition) is 2. The summed E-state index contributed by atoms with van der Waals surface area (Å²) in [5.41, 5.74) is 0.946. The highest BCUT2D eigenvalue weighted by molar-refractivity contribution is 7.92. The van der Waals surface area contributed by atoms with Crippen LogP contribution in [0.1, 0.15) is 53.3 Å². The van der Waals surface area contributed by atoms with Crippen LogP contribution in [0.3, 0.4) is 0 Å². The zero-order valence-corrected chi connectivity index (χ0v) is 18.2. The van der Waals surface area contributed by atoms with E-state index in [4.69, 9.17) is 4.52 Å². The first-order valence-corrected chi connectivity index (χ1v) is 11.6. The summed E-state index contributed by atoms with van der Waals surface area (Å²) in [5.74, 6) is 0.517. The molecule has 1 fully saturated rings. The van der Waals surface area contributed by atoms with Gasteiger partial charge in [0.15, 0.2) is 5.82 Å². The van der Waals surface area contributed by atoms with E-state index in [1.54, 1.807) is 37.3 Å². The van der Waals surface area contributed by atoms with Gasteiger partial charge in [-0.3, -0.25) is 9.52 Å². The van der Waals surface area contributed by atoms with Gasteiger partial charge in [0.2, 0.25) is 5.89 Å². The summed E-state index contributed by atoms with van der Waals surface area (Å²) in [5, 5.41) is 7.06. The van der Waals surface area contributed by atoms with Crippen molar-refractivity contribution >= 4 is 21.6 Å². The lowest BCUT2D eigenvalue weighted by molar-refractivity contribution is 0.0891. The summed E-state index contributed by atoms with van der Waals surface area (Å²) in [6.45, 7) is 3.59. The van der Waals surface area contributed by atoms with Crippen molar-refractivity contribution in [2.45, 2.75) is 50.0 Å². The molecule has 9 heteroatoms. The van der Waals surface area contributed by atoms with Gasteiger partial charge in [-0.05, 0) is 55.7 Å². The Bertz CT molecular complexity index is 1210. The molecule has 8 nitrogen and oxygen atoms in total. The van der Waals surface area contributed by atoms with Gasteiger partial charge in [0.25, 0.3) is 15.9 Å². The maximum absolute atomic E-state index is 13.1. The number of carbonyl (C=O) groups excluding carboxylic acids is 1. The van der Waals surface area contributed by atoms with E-state index in [1.807, 2.05) is 13.0 Å². The topological polar surface area (TPSA) is 114 Å². The molecular formula is C22H24N4O4S. The van der Waals surface area contributed by atoms with Crippen molar-refractivity contribution in [3.8, 4) is 0 Å². The van der Waals surface area contributed by atoms with E-state index < -0.39 is 15.6 Å². The molecule has 0 bridgehead atoms. The number of anilines is 1. The number of nitrogens with zero attached hydrogens (tertiary/aromatic N) is 2. The minimum Gasteiger partial charge on any atom is -0.340 e. The molecule has 162 valence electrons. The molecule has 0 atom stereocenters. The van der Waals surface area contributed by atoms with Gasteiger partial charge >= 0.3 is 0 Å². The van der Waals surface area contributed by atoms with E-state index in [1.165, 1.54) is 12.1 Å². The fraction of sp³-hybridized carbons (Fsp3) is 0.318. The van der Waals surface area contributed by atoms with Gasteiger partial charge in [0, 0.05) is 18.2 Å². The first-order chi connectivity index (χ1) is 14.8. The maximum Gasteiger partial charge on any atom is 0.261 e. The molecule has 1 aromatic heterocycles. The summed E-state index contributed by atoms with van der Waals surface area (Å²) < 4.78 is 33.4. The van der Waals surface area contributed by atoms with Crippen LogP contribution < -0.4 is 10.0 Å². The number of nitrogens with one attached hydrogen (secondary N) is 2. The number of hydrogen-bond acceptors (Lipinski definition) is 6. The first-order valence-electron chi connectivity index (χ1n) is 10.1. The van der Waals surface area contributed by atoms with Crippen LogP contribution in [-0.4, -0.2) is 24.5 Å². The Morgan fingerprint density at radius 2 is 1.81 bits per heavy atom. The van der Waals surface area contributed by atoms with Crippen LogP contribution in [-0.2, 0) is 15.6 Å². The first kappa shape index (κ1) is 21.0. The lowest BCUT2D eigenvalue weighted by Gasteiger charge is -2.26. The molecule has 2 N–H and O–H groups in total. The van der Waals surface area contributed by atoms with E-state index in [0.29, 0.717) is 30.2 Å². The zero-order valence-electron chi connectivity index (χ0n) is 17.4. The van der Waals surface area contributed by atoms with E-state index in [9.17, 15) is 13.2 Å². The second-order valence-corrected chi connectivity index (χ2v) is 9.57. The third-order valence-electron chi connectivity index (χ3n) is 5.44. The van der Waals surface area contributed by atoms with E-state index in [0.717, 1.165) is 18.4 Å². The van der Waals surface area contributed by atoms with Gasteiger partial charge in [-0.15, -0.1) is 0 Å². The third kappa shape index (κ3) is 4.46. The molecule has 1 amide bonds. The monoisotopic (exact) mass is 440 g/mol. The van der Waals surface area contributed by atoms with E-state index >= 15 is 0 Å². The molecule has 1 aliphatic rings. The minimum absolute atomic E-state index is 0.0116. The van der Waals surface area contributed by atoms with Crippen molar-refractivity contribution < 1.29 is 17.7 Å². The van der Waals surface area contributed by atoms with Crippen LogP contribution >= 0.6 is 0 Å². The average molecular weight is 441 g/mol. The Morgan fingerprint density at radius 3 is 2.48 bits per heavy atom. The zero-order chi connectivity index (χ0) is 22.1. The van der Waals surface area contributed by atoms with Crippen molar-refractivity contribution in [3.05, 3.63) is 71.4 Å². The fourth-order valence-electron chi connectivity index (χ4n) is 3.89. The standard InChI is InChI=1S/C22H24N4O4S/c1-15-7-5-9-18(13-15)26-31(28,29)19-10-6-8-17(14-19)20(27)24-22(11-3-4-12-22)21-23-16(2)30-25-21/h5-10,13-14,26H,3-4,11-12H2,1-2H3,(H,24,27). The lowest BCUT2D eigenvalue weighted by Crippen LogP contribution is -2.44. The molecule has 31 heavy (non-hydrogen) atoms. The summed E-state index contributed by atoms with van der Waals surface area (Å²) in [6.07, 6.45) is 3.26. The number of sulfonamides is 1. The van der Waals surface area contributed by atoms with E-state index in [2.05, 4.69) is 20.2 Å². The fourth-order valence-corrected chi connectivity index (χ4v) is 4.99. The third-order valence-corrected chi connectivity index (χ3v) is 6.82. The Kier molecular flexibility index (Phi) is 5.53. The predicted octanol–water partition coefficient (Wildman–Crippen LogP) is 3.69. The van der Waals surface area contributed by atoms with Crippen molar-refractivity contribution in [1.82, 2.24) is 15.5 Å². The maximum atomic E-state index is 13.1. The predicted molar refractivity (Wildman–Crippen MR) is 115 cm³/mol. The molecule has 3 aromatic rings. The Morgan fingerprint density at radius 1 is 1.06 bits per heavy atom. The Balaban J connectivity index is 1.58. The quantitative estimate of drug-likeness (QED) is 0.604. The second kappa shape index (κ2) is 8.14. The molecule has 1 heterocycles. The Labute approximate surface area is 181 Å². The van der Waals surface area contributed by atoms with Crippen molar-refractivity contribution in [2.24, 2.45) is 0 Å². The van der Waals surface area contributed by atoms with Crippen LogP contribution in [0.25, 0.3) is 0 Å². The summed E-state index contributed by atoms with van der Waals surface area (Å²) in [4.78, 5) is 17.4. The Hall–Kier alpha value is -3.20. The molecule has 0 aliphatic heterocycles. The normalized spacial score (nSPS) is 15.5. The number of benzene rings is 2. The van der Waals surface area contributed by atoms with Crippen molar-refractivity contribution in [1.29, 1.82) is 0 Å². The van der Waals surface area contributed by atoms with Crippen LogP contribution in [0, 0.1) is 13.8 Å². The van der Waals surface area contributed by atoms with Gasteiger partial charge in [0.1, 0.15) is 5.54 Å². The van der Waals surface area contributed by atoms with E-state index in [-0.39, 0.29) is 16.4 Å². The van der Waals surface area contributed by atoms with Crippen molar-refractivity contribution in [2.75, 3.05) is 4.72 Å². The highest BCUT2D eigenvalue weighted by Crippen LogP contribution is 2.37. The summed E-state index contributed by atoms with van der Waals surface area (Å²) >= 11 is 0.